The molecule has 0 aromatic carbocycles. The average Bonchev–Trinajstić information content (AvgIpc) is 2.85. The van der Waals surface area contributed by atoms with Crippen LogP contribution in [0.3, 0.4) is 0 Å². The molecule has 0 spiro atoms. The maximum Gasteiger partial charge on any atom is -0.0352 e. The molecule has 0 aliphatic heterocycles. The molecule has 70 valence electrons. The van der Waals surface area contributed by atoms with Gasteiger partial charge in [-0.3, -0.25) is 0 Å². The van der Waals surface area contributed by atoms with Gasteiger partial charge in [0.1, 0.15) is 0 Å². The van der Waals surface area contributed by atoms with Gasteiger partial charge in [-0.15, -0.1) is 0 Å². The number of halogens is 1. The van der Waals surface area contributed by atoms with Crippen LogP contribution >= 0.6 is 8.51 Å². The Kier molecular flexibility index (Phi) is 11.4. The zero-order valence-electron chi connectivity index (χ0n) is 8.69. The van der Waals surface area contributed by atoms with Crippen molar-refractivity contribution in [2.75, 3.05) is 0 Å². The van der Waals surface area contributed by atoms with Crippen LogP contribution in [0, 0.1) is 12.8 Å². The first-order valence-corrected chi connectivity index (χ1v) is 8.00. The molecule has 0 amide bonds. The topological polar surface area (TPSA) is 0 Å². The summed E-state index contributed by atoms with van der Waals surface area (Å²) in [5, 5.41) is 0. The van der Waals surface area contributed by atoms with Crippen LogP contribution in [0.15, 0.2) is 0 Å². The maximum absolute atomic E-state index is 6.14. The van der Waals surface area contributed by atoms with E-state index in [4.69, 9.17) is 8.98 Å². The molecule has 2 aliphatic carbocycles. The molecule has 0 saturated heterocycles. The summed E-state index contributed by atoms with van der Waals surface area (Å²) in [5.74, 6) is 0. The van der Waals surface area contributed by atoms with Gasteiger partial charge in [0, 0.05) is 0 Å². The van der Waals surface area contributed by atoms with E-state index < -0.39 is 23.3 Å². The van der Waals surface area contributed by atoms with E-state index in [1.54, 1.807) is 0 Å². The number of hydrogen-bond acceptors (Lipinski definition) is 0. The second-order valence-electron chi connectivity index (χ2n) is 3.17. The minimum absolute atomic E-state index is 1.05. The molecule has 2 aliphatic rings. The zero-order chi connectivity index (χ0) is 9.78. The predicted octanol–water partition coefficient (Wildman–Crippen LogP) is 3.95. The molecule has 2 radical (unpaired) electrons. The Morgan fingerprint density at radius 3 is 1.42 bits per heavy atom. The van der Waals surface area contributed by atoms with Gasteiger partial charge in [0.2, 0.25) is 0 Å². The van der Waals surface area contributed by atoms with Crippen LogP contribution in [0.4, 0.5) is 0 Å². The summed E-state index contributed by atoms with van der Waals surface area (Å²) in [6.07, 6.45) is 16.0. The SMILES string of the molecule is C1CCCC1.[2H][Zr][Cl].[CH]1[CH]CCC1. The van der Waals surface area contributed by atoms with Crippen molar-refractivity contribution in [1.29, 1.82) is 0.471 Å². The monoisotopic (exact) mass is 265 g/mol. The molecule has 0 heterocycles. The van der Waals surface area contributed by atoms with Crippen LogP contribution in [0.2, 0.25) is 0 Å². The Hall–Kier alpha value is 1.17. The Balaban J connectivity index is 0.000000174. The van der Waals surface area contributed by atoms with E-state index in [-0.39, 0.29) is 0 Å². The van der Waals surface area contributed by atoms with Crippen molar-refractivity contribution in [2.45, 2.75) is 51.4 Å². The molecule has 12 heavy (non-hydrogen) atoms. The molecule has 2 heteroatoms. The molecular weight excluding hydrogens is 247 g/mol. The van der Waals surface area contributed by atoms with Gasteiger partial charge < -0.3 is 0 Å². The van der Waals surface area contributed by atoms with Crippen LogP contribution < -0.4 is 0 Å². The first-order valence-electron chi connectivity index (χ1n) is 5.34. The largest absolute Gasteiger partial charge is 0.0527 e. The van der Waals surface area contributed by atoms with Crippen molar-refractivity contribution in [3.63, 3.8) is 0 Å². The average molecular weight is 267 g/mol. The second kappa shape index (κ2) is 12.2. The van der Waals surface area contributed by atoms with Crippen LogP contribution in [-0.2, 0) is 23.3 Å². The summed E-state index contributed by atoms with van der Waals surface area (Å²) in [7, 11) is 4.84. The van der Waals surface area contributed by atoms with Gasteiger partial charge in [0.05, 0.1) is 0 Å². The molecular formula is C10H19ClZr. The van der Waals surface area contributed by atoms with Gasteiger partial charge in [-0.1, -0.05) is 38.5 Å². The van der Waals surface area contributed by atoms with E-state index in [1.165, 1.54) is 51.4 Å². The molecule has 0 nitrogen and oxygen atoms in total. The van der Waals surface area contributed by atoms with Crippen molar-refractivity contribution >= 4 is 8.51 Å². The minimum atomic E-state index is -1.05. The summed E-state index contributed by atoms with van der Waals surface area (Å²) in [5.41, 5.74) is 0. The summed E-state index contributed by atoms with van der Waals surface area (Å²) >= 11 is -1.05. The Morgan fingerprint density at radius 2 is 1.25 bits per heavy atom. The fourth-order valence-corrected chi connectivity index (χ4v) is 1.47. The minimum Gasteiger partial charge on any atom is -0.0527 e. The van der Waals surface area contributed by atoms with Gasteiger partial charge in [-0.2, -0.15) is 0 Å². The summed E-state index contributed by atoms with van der Waals surface area (Å²) in [4.78, 5) is 0. The van der Waals surface area contributed by atoms with Gasteiger partial charge >= 0.3 is 32.3 Å². The number of rotatable bonds is 0. The van der Waals surface area contributed by atoms with Crippen molar-refractivity contribution in [2.24, 2.45) is 0 Å². The van der Waals surface area contributed by atoms with Crippen molar-refractivity contribution in [3.8, 4) is 0 Å². The first kappa shape index (κ1) is 11.2. The Bertz CT molecular complexity index is 57.8. The van der Waals surface area contributed by atoms with E-state index in [9.17, 15) is 0 Å². The number of hydrogen-bond donors (Lipinski definition) is 0. The van der Waals surface area contributed by atoms with Crippen LogP contribution in [-0.4, -0.2) is 0.471 Å². The predicted molar refractivity (Wildman–Crippen MR) is 52.8 cm³/mol. The summed E-state index contributed by atoms with van der Waals surface area (Å²) in [6.45, 7) is 0. The van der Waals surface area contributed by atoms with Crippen LogP contribution in [0.1, 0.15) is 51.4 Å². The third kappa shape index (κ3) is 9.26. The van der Waals surface area contributed by atoms with Crippen LogP contribution in [0.5, 0.6) is 0 Å². The van der Waals surface area contributed by atoms with E-state index in [2.05, 4.69) is 12.8 Å². The molecule has 2 rings (SSSR count). The van der Waals surface area contributed by atoms with E-state index in [1.807, 2.05) is 0 Å². The van der Waals surface area contributed by atoms with E-state index >= 15 is 0 Å². The molecule has 0 bridgehead atoms. The summed E-state index contributed by atoms with van der Waals surface area (Å²) < 4.78 is 6.14. The Labute approximate surface area is 96.2 Å². The molecule has 0 atom stereocenters. The van der Waals surface area contributed by atoms with Crippen LogP contribution in [0.25, 0.3) is 0 Å². The molecule has 2 fully saturated rings. The molecule has 0 N–H and O–H groups in total. The standard InChI is InChI=1S/C5H10.C5H8.ClH.Zr.H/c2*1-2-4-5-3-1;;;/h1-5H2;1-2H,3-5H2;1H;;/q;;;+1;/p-1/i;;;;1+1. The van der Waals surface area contributed by atoms with Crippen molar-refractivity contribution < 1.29 is 23.3 Å². The Morgan fingerprint density at radius 1 is 0.917 bits per heavy atom. The van der Waals surface area contributed by atoms with Gasteiger partial charge in [-0.25, -0.2) is 0 Å². The van der Waals surface area contributed by atoms with Crippen molar-refractivity contribution in [1.82, 2.24) is 0 Å². The van der Waals surface area contributed by atoms with Gasteiger partial charge in [0.25, 0.3) is 0 Å². The molecule has 0 aromatic heterocycles. The summed E-state index contributed by atoms with van der Waals surface area (Å²) in [6, 6.07) is 0. The molecule has 2 saturated carbocycles. The van der Waals surface area contributed by atoms with E-state index in [0.717, 1.165) is 0 Å². The molecule has 0 aromatic rings. The van der Waals surface area contributed by atoms with Gasteiger partial charge in [0.15, 0.2) is 0 Å². The quantitative estimate of drug-likeness (QED) is 0.623. The second-order valence-corrected chi connectivity index (χ2v) is 3.17. The fourth-order valence-electron chi connectivity index (χ4n) is 1.47. The van der Waals surface area contributed by atoms with E-state index in [0.29, 0.717) is 0 Å². The third-order valence-electron chi connectivity index (χ3n) is 2.16. The smallest absolute Gasteiger partial charge is 0.0352 e. The van der Waals surface area contributed by atoms with Crippen molar-refractivity contribution in [3.05, 3.63) is 12.8 Å². The molecule has 0 unspecified atom stereocenters. The van der Waals surface area contributed by atoms with Gasteiger partial charge in [-0.05, 0) is 25.7 Å². The third-order valence-corrected chi connectivity index (χ3v) is 2.16. The zero-order valence-corrected chi connectivity index (χ0v) is 10.9. The maximum atomic E-state index is 6.14. The normalized spacial score (nSPS) is 21.2. The first-order chi connectivity index (χ1) is 6.41. The fraction of sp³-hybridized carbons (Fsp3) is 0.800.